The number of aromatic nitrogens is 3. The molecule has 1 aromatic rings. The van der Waals surface area contributed by atoms with E-state index in [-0.39, 0.29) is 0 Å². The summed E-state index contributed by atoms with van der Waals surface area (Å²) in [5.74, 6) is 3.55. The number of fused-ring (bicyclic) bond motifs is 1. The molecule has 2 heterocycles. The van der Waals surface area contributed by atoms with Gasteiger partial charge in [0, 0.05) is 19.5 Å². The predicted molar refractivity (Wildman–Crippen MR) is 87.5 cm³/mol. The molecule has 1 saturated heterocycles. The highest BCUT2D eigenvalue weighted by Crippen LogP contribution is 2.59. The Morgan fingerprint density at radius 2 is 2.05 bits per heavy atom. The van der Waals surface area contributed by atoms with Gasteiger partial charge in [0.2, 0.25) is 0 Å². The van der Waals surface area contributed by atoms with Crippen LogP contribution in [0.4, 0.5) is 0 Å². The Hall–Kier alpha value is -1.16. The Bertz CT molecular complexity index is 578. The summed E-state index contributed by atoms with van der Waals surface area (Å²) < 4.78 is 2.08. The van der Waals surface area contributed by atoms with Crippen LogP contribution >= 0.6 is 0 Å². The van der Waals surface area contributed by atoms with Crippen molar-refractivity contribution in [2.75, 3.05) is 19.6 Å². The largest absolute Gasteiger partial charge is 0.320 e. The lowest BCUT2D eigenvalue weighted by Gasteiger charge is -2.57. The van der Waals surface area contributed by atoms with E-state index in [4.69, 9.17) is 0 Å². The van der Waals surface area contributed by atoms with Crippen LogP contribution in [0.2, 0.25) is 0 Å². The van der Waals surface area contributed by atoms with E-state index >= 15 is 0 Å². The van der Waals surface area contributed by atoms with E-state index in [0.717, 1.165) is 11.8 Å². The third-order valence-electron chi connectivity index (χ3n) is 6.69. The molecule has 0 radical (unpaired) electrons. The van der Waals surface area contributed by atoms with Crippen molar-refractivity contribution in [2.24, 2.45) is 24.3 Å². The number of rotatable bonds is 3. The quantitative estimate of drug-likeness (QED) is 0.805. The van der Waals surface area contributed by atoms with Crippen molar-refractivity contribution in [1.82, 2.24) is 19.7 Å². The number of hydrogen-bond acceptors (Lipinski definition) is 3. The molecule has 3 aliphatic carbocycles. The smallest absolute Gasteiger partial charge is 0.135 e. The normalized spacial score (nSPS) is 31.7. The second-order valence-corrected chi connectivity index (χ2v) is 8.17. The van der Waals surface area contributed by atoms with E-state index in [1.165, 1.54) is 51.1 Å². The molecule has 2 bridgehead atoms. The van der Waals surface area contributed by atoms with E-state index < -0.39 is 0 Å². The SMILES string of the molecule is Cn1cnnc1C1CCN(CC2=CC[C@H]3C[C@@H]2C3(C)C)CC1. The fraction of sp³-hybridized carbons (Fsp3) is 0.778. The molecule has 4 heteroatoms. The second-order valence-electron chi connectivity index (χ2n) is 8.17. The summed E-state index contributed by atoms with van der Waals surface area (Å²) in [6.07, 6.45) is 9.57. The topological polar surface area (TPSA) is 34.0 Å². The van der Waals surface area contributed by atoms with Gasteiger partial charge in [-0.2, -0.15) is 0 Å². The third kappa shape index (κ3) is 2.23. The van der Waals surface area contributed by atoms with Crippen LogP contribution in [0.1, 0.15) is 51.3 Å². The number of nitrogens with zero attached hydrogens (tertiary/aromatic N) is 4. The van der Waals surface area contributed by atoms with Crippen LogP contribution in [0.3, 0.4) is 0 Å². The summed E-state index contributed by atoms with van der Waals surface area (Å²) in [6.45, 7) is 8.54. The standard InChI is InChI=1S/C18H28N4/c1-18(2)15-5-4-14(16(18)10-15)11-22-8-6-13(7-9-22)17-20-19-12-21(17)3/h4,12-13,15-16H,5-11H2,1-3H3/t15-,16-/m0/s1. The maximum absolute atomic E-state index is 4.30. The Morgan fingerprint density at radius 1 is 1.27 bits per heavy atom. The first kappa shape index (κ1) is 14.4. The lowest BCUT2D eigenvalue weighted by Crippen LogP contribution is -2.50. The first-order valence-corrected chi connectivity index (χ1v) is 8.81. The Morgan fingerprint density at radius 3 is 2.64 bits per heavy atom. The minimum atomic E-state index is 0.557. The molecule has 4 nitrogen and oxygen atoms in total. The van der Waals surface area contributed by atoms with Gasteiger partial charge in [-0.05, 0) is 56.0 Å². The van der Waals surface area contributed by atoms with E-state index in [1.807, 2.05) is 6.33 Å². The summed E-state index contributed by atoms with van der Waals surface area (Å²) in [5, 5.41) is 8.33. The predicted octanol–water partition coefficient (Wildman–Crippen LogP) is 2.99. The monoisotopic (exact) mass is 300 g/mol. The fourth-order valence-corrected chi connectivity index (χ4v) is 4.93. The zero-order valence-corrected chi connectivity index (χ0v) is 14.1. The first-order chi connectivity index (χ1) is 10.6. The molecule has 22 heavy (non-hydrogen) atoms. The zero-order chi connectivity index (χ0) is 15.3. The molecule has 0 aromatic carbocycles. The number of aryl methyl sites for hydroxylation is 1. The van der Waals surface area contributed by atoms with Crippen LogP contribution in [0.15, 0.2) is 18.0 Å². The molecule has 1 aromatic heterocycles. The van der Waals surface area contributed by atoms with Gasteiger partial charge in [-0.15, -0.1) is 10.2 Å². The van der Waals surface area contributed by atoms with E-state index in [1.54, 1.807) is 5.57 Å². The van der Waals surface area contributed by atoms with Gasteiger partial charge in [-0.25, -0.2) is 0 Å². The number of allylic oxidation sites excluding steroid dienone is 1. The zero-order valence-electron chi connectivity index (χ0n) is 14.1. The maximum Gasteiger partial charge on any atom is 0.135 e. The van der Waals surface area contributed by atoms with Gasteiger partial charge in [-0.1, -0.05) is 25.5 Å². The minimum absolute atomic E-state index is 0.557. The summed E-state index contributed by atoms with van der Waals surface area (Å²) in [5.41, 5.74) is 2.28. The Kier molecular flexibility index (Phi) is 3.40. The summed E-state index contributed by atoms with van der Waals surface area (Å²) in [4.78, 5) is 2.66. The fourth-order valence-electron chi connectivity index (χ4n) is 4.93. The summed E-state index contributed by atoms with van der Waals surface area (Å²) in [7, 11) is 2.06. The van der Waals surface area contributed by atoms with Crippen molar-refractivity contribution in [2.45, 2.75) is 45.4 Å². The average Bonchev–Trinajstić information content (AvgIpc) is 2.94. The van der Waals surface area contributed by atoms with Gasteiger partial charge in [0.1, 0.15) is 12.2 Å². The molecule has 0 spiro atoms. The Balaban J connectivity index is 1.35. The van der Waals surface area contributed by atoms with Crippen molar-refractivity contribution >= 4 is 0 Å². The molecule has 2 atom stereocenters. The van der Waals surface area contributed by atoms with Gasteiger partial charge in [-0.3, -0.25) is 4.90 Å². The van der Waals surface area contributed by atoms with Gasteiger partial charge in [0.25, 0.3) is 0 Å². The lowest BCUT2D eigenvalue weighted by atomic mass is 9.49. The van der Waals surface area contributed by atoms with Crippen LogP contribution in [0, 0.1) is 17.3 Å². The highest BCUT2D eigenvalue weighted by atomic mass is 15.3. The van der Waals surface area contributed by atoms with Gasteiger partial charge >= 0.3 is 0 Å². The van der Waals surface area contributed by atoms with E-state index in [0.29, 0.717) is 11.3 Å². The third-order valence-corrected chi connectivity index (χ3v) is 6.69. The van der Waals surface area contributed by atoms with Crippen LogP contribution in [0.25, 0.3) is 0 Å². The number of hydrogen-bond donors (Lipinski definition) is 0. The first-order valence-electron chi connectivity index (χ1n) is 8.81. The lowest BCUT2D eigenvalue weighted by molar-refractivity contribution is -0.0113. The number of piperidine rings is 1. The van der Waals surface area contributed by atoms with Crippen molar-refractivity contribution in [1.29, 1.82) is 0 Å². The molecule has 0 unspecified atom stereocenters. The van der Waals surface area contributed by atoms with Crippen molar-refractivity contribution in [3.8, 4) is 0 Å². The molecule has 0 amide bonds. The van der Waals surface area contributed by atoms with E-state index in [9.17, 15) is 0 Å². The molecule has 4 aliphatic rings. The molecule has 2 fully saturated rings. The van der Waals surface area contributed by atoms with Crippen LogP contribution in [0.5, 0.6) is 0 Å². The summed E-state index contributed by atoms with van der Waals surface area (Å²) in [6, 6.07) is 0. The molecule has 120 valence electrons. The number of likely N-dealkylation sites (tertiary alicyclic amines) is 1. The average molecular weight is 300 g/mol. The van der Waals surface area contributed by atoms with Crippen molar-refractivity contribution in [3.63, 3.8) is 0 Å². The Labute approximate surface area is 133 Å². The van der Waals surface area contributed by atoms with Gasteiger partial charge in [0.15, 0.2) is 0 Å². The van der Waals surface area contributed by atoms with Gasteiger partial charge < -0.3 is 4.57 Å². The molecule has 5 rings (SSSR count). The van der Waals surface area contributed by atoms with Gasteiger partial charge in [0.05, 0.1) is 0 Å². The summed E-state index contributed by atoms with van der Waals surface area (Å²) >= 11 is 0. The molecular formula is C18H28N4. The van der Waals surface area contributed by atoms with Crippen molar-refractivity contribution in [3.05, 3.63) is 23.8 Å². The maximum atomic E-state index is 4.30. The minimum Gasteiger partial charge on any atom is -0.320 e. The molecule has 1 saturated carbocycles. The highest BCUT2D eigenvalue weighted by molar-refractivity contribution is 5.24. The molecule has 1 aliphatic heterocycles. The van der Waals surface area contributed by atoms with Crippen molar-refractivity contribution < 1.29 is 0 Å². The van der Waals surface area contributed by atoms with Crippen LogP contribution < -0.4 is 0 Å². The molecular weight excluding hydrogens is 272 g/mol. The van der Waals surface area contributed by atoms with Crippen LogP contribution in [-0.2, 0) is 7.05 Å². The van der Waals surface area contributed by atoms with Crippen LogP contribution in [-0.4, -0.2) is 39.3 Å². The van der Waals surface area contributed by atoms with E-state index in [2.05, 4.69) is 46.6 Å². The molecule has 0 N–H and O–H groups in total. The second kappa shape index (κ2) is 5.19. The highest BCUT2D eigenvalue weighted by Gasteiger charge is 2.51.